The lowest BCUT2D eigenvalue weighted by atomic mass is 9.92. The molecule has 5 rings (SSSR count). The van der Waals surface area contributed by atoms with Crippen LogP contribution in [0, 0.1) is 0 Å². The van der Waals surface area contributed by atoms with Gasteiger partial charge >= 0.3 is 0 Å². The van der Waals surface area contributed by atoms with Gasteiger partial charge in [-0.15, -0.1) is 0 Å². The average molecular weight is 484 g/mol. The number of fused-ring (bicyclic) bond motifs is 1. The maximum absolute atomic E-state index is 5.86. The van der Waals surface area contributed by atoms with Gasteiger partial charge in [0.05, 0.1) is 17.3 Å². The SMILES string of the molecule is CNC(C)c1ccc(C2CC2)c(-c2ccc3nc(NC(C=NC4CCN(C)CC4)=CN)ncc3c2)c1. The summed E-state index contributed by atoms with van der Waals surface area (Å²) in [6.45, 7) is 4.35. The Hall–Kier alpha value is -3.29. The Labute approximate surface area is 213 Å². The summed E-state index contributed by atoms with van der Waals surface area (Å²) in [5.41, 5.74) is 12.7. The van der Waals surface area contributed by atoms with E-state index in [1.807, 2.05) is 19.5 Å². The summed E-state index contributed by atoms with van der Waals surface area (Å²) in [5, 5.41) is 7.60. The molecule has 0 radical (unpaired) electrons. The molecule has 36 heavy (non-hydrogen) atoms. The van der Waals surface area contributed by atoms with Crippen molar-refractivity contribution in [1.82, 2.24) is 20.2 Å². The summed E-state index contributed by atoms with van der Waals surface area (Å²) in [7, 11) is 4.16. The van der Waals surface area contributed by atoms with E-state index in [9.17, 15) is 0 Å². The van der Waals surface area contributed by atoms with Gasteiger partial charge in [-0.3, -0.25) is 4.99 Å². The fraction of sp³-hybridized carbons (Fsp3) is 0.414. The van der Waals surface area contributed by atoms with Crippen LogP contribution in [0.2, 0.25) is 0 Å². The molecule has 1 aliphatic carbocycles. The van der Waals surface area contributed by atoms with E-state index in [0.717, 1.165) is 36.8 Å². The van der Waals surface area contributed by atoms with Crippen LogP contribution in [0.4, 0.5) is 5.95 Å². The number of hydrogen-bond acceptors (Lipinski definition) is 7. The summed E-state index contributed by atoms with van der Waals surface area (Å²) in [5.74, 6) is 1.19. The quantitative estimate of drug-likeness (QED) is 0.398. The predicted molar refractivity (Wildman–Crippen MR) is 149 cm³/mol. The summed E-state index contributed by atoms with van der Waals surface area (Å²) in [6, 6.07) is 14.0. The molecule has 0 bridgehead atoms. The van der Waals surface area contributed by atoms with E-state index < -0.39 is 0 Å². The zero-order valence-corrected chi connectivity index (χ0v) is 21.5. The minimum absolute atomic E-state index is 0.308. The number of likely N-dealkylation sites (tertiary alicyclic amines) is 1. The van der Waals surface area contributed by atoms with Crippen molar-refractivity contribution < 1.29 is 0 Å². The van der Waals surface area contributed by atoms with Crippen LogP contribution in [0.3, 0.4) is 0 Å². The second kappa shape index (κ2) is 10.8. The number of piperidine rings is 1. The lowest BCUT2D eigenvalue weighted by molar-refractivity contribution is 0.257. The maximum Gasteiger partial charge on any atom is 0.227 e. The standard InChI is InChI=1S/C29H37N7/c1-19(31-2)21-6-8-26(20-4-5-20)27(15-21)22-7-9-28-23(14-22)17-33-29(35-28)34-25(16-30)18-32-24-10-12-36(3)13-11-24/h6-9,14-20,24,31H,4-5,10-13,30H2,1-3H3,(H,33,34,35). The third-order valence-corrected chi connectivity index (χ3v) is 7.47. The fourth-order valence-electron chi connectivity index (χ4n) is 4.85. The highest BCUT2D eigenvalue weighted by molar-refractivity contribution is 5.87. The van der Waals surface area contributed by atoms with Crippen LogP contribution in [0.25, 0.3) is 22.0 Å². The molecule has 1 saturated heterocycles. The fourth-order valence-corrected chi connectivity index (χ4v) is 4.85. The first-order valence-electron chi connectivity index (χ1n) is 13.0. The lowest BCUT2D eigenvalue weighted by Gasteiger charge is -2.26. The van der Waals surface area contributed by atoms with Crippen LogP contribution in [0.5, 0.6) is 0 Å². The van der Waals surface area contributed by atoms with Gasteiger partial charge in [0.25, 0.3) is 0 Å². The van der Waals surface area contributed by atoms with Crippen LogP contribution in [-0.4, -0.2) is 54.3 Å². The topological polar surface area (TPSA) is 91.5 Å². The molecule has 2 heterocycles. The van der Waals surface area contributed by atoms with Crippen LogP contribution in [0.15, 0.2) is 59.5 Å². The highest BCUT2D eigenvalue weighted by Crippen LogP contribution is 2.45. The maximum atomic E-state index is 5.86. The number of nitrogens with two attached hydrogens (primary N) is 1. The highest BCUT2D eigenvalue weighted by Gasteiger charge is 2.27. The van der Waals surface area contributed by atoms with Crippen molar-refractivity contribution in [2.24, 2.45) is 10.7 Å². The molecule has 0 spiro atoms. The first kappa shape index (κ1) is 24.4. The number of anilines is 1. The molecule has 7 nitrogen and oxygen atoms in total. The highest BCUT2D eigenvalue weighted by atomic mass is 15.1. The molecule has 1 atom stereocenters. The second-order valence-electron chi connectivity index (χ2n) is 10.2. The van der Waals surface area contributed by atoms with Gasteiger partial charge in [0.15, 0.2) is 0 Å². The van der Waals surface area contributed by atoms with Gasteiger partial charge in [-0.2, -0.15) is 0 Å². The number of hydrogen-bond donors (Lipinski definition) is 3. The smallest absolute Gasteiger partial charge is 0.227 e. The largest absolute Gasteiger partial charge is 0.403 e. The first-order valence-corrected chi connectivity index (χ1v) is 13.0. The zero-order valence-electron chi connectivity index (χ0n) is 21.5. The van der Waals surface area contributed by atoms with Gasteiger partial charge in [-0.25, -0.2) is 9.97 Å². The Morgan fingerprint density at radius 3 is 2.67 bits per heavy atom. The van der Waals surface area contributed by atoms with E-state index >= 15 is 0 Å². The van der Waals surface area contributed by atoms with Crippen molar-refractivity contribution in [1.29, 1.82) is 0 Å². The molecule has 2 aromatic carbocycles. The minimum atomic E-state index is 0.308. The number of benzene rings is 2. The van der Waals surface area contributed by atoms with Crippen molar-refractivity contribution in [3.8, 4) is 11.1 Å². The molecule has 4 N–H and O–H groups in total. The second-order valence-corrected chi connectivity index (χ2v) is 10.2. The Morgan fingerprint density at radius 2 is 1.94 bits per heavy atom. The third kappa shape index (κ3) is 5.58. The van der Waals surface area contributed by atoms with Crippen molar-refractivity contribution in [3.63, 3.8) is 0 Å². The van der Waals surface area contributed by atoms with Gasteiger partial charge in [-0.05, 0) is 106 Å². The molecular formula is C29H37N7. The van der Waals surface area contributed by atoms with Gasteiger partial charge in [0.2, 0.25) is 5.95 Å². The molecule has 2 fully saturated rings. The van der Waals surface area contributed by atoms with Gasteiger partial charge in [0.1, 0.15) is 0 Å². The summed E-state index contributed by atoms with van der Waals surface area (Å²) in [6.07, 6.45) is 9.90. The van der Waals surface area contributed by atoms with Crippen LogP contribution in [-0.2, 0) is 0 Å². The molecule has 1 saturated carbocycles. The number of nitrogens with one attached hydrogen (secondary N) is 2. The van der Waals surface area contributed by atoms with Gasteiger partial charge in [-0.1, -0.05) is 18.2 Å². The Bertz CT molecular complexity index is 1270. The molecule has 0 amide bonds. The molecule has 2 aliphatic rings. The zero-order chi connectivity index (χ0) is 25.1. The van der Waals surface area contributed by atoms with Crippen LogP contribution < -0.4 is 16.4 Å². The molecule has 1 aromatic heterocycles. The number of aromatic nitrogens is 2. The van der Waals surface area contributed by atoms with Crippen LogP contribution >= 0.6 is 0 Å². The monoisotopic (exact) mass is 483 g/mol. The van der Waals surface area contributed by atoms with E-state index in [2.05, 4.69) is 70.9 Å². The Balaban J connectivity index is 1.36. The molecule has 7 heteroatoms. The number of rotatable bonds is 8. The van der Waals surface area contributed by atoms with E-state index in [-0.39, 0.29) is 0 Å². The van der Waals surface area contributed by atoms with Gasteiger partial charge in [0, 0.05) is 30.0 Å². The lowest BCUT2D eigenvalue weighted by Crippen LogP contribution is -2.32. The van der Waals surface area contributed by atoms with E-state index in [1.165, 1.54) is 41.3 Å². The summed E-state index contributed by atoms with van der Waals surface area (Å²) in [4.78, 5) is 16.4. The number of allylic oxidation sites excluding steroid dienone is 1. The average Bonchev–Trinajstić information content (AvgIpc) is 3.76. The van der Waals surface area contributed by atoms with Crippen molar-refractivity contribution in [2.45, 2.75) is 50.6 Å². The Morgan fingerprint density at radius 1 is 1.14 bits per heavy atom. The third-order valence-electron chi connectivity index (χ3n) is 7.47. The summed E-state index contributed by atoms with van der Waals surface area (Å²) < 4.78 is 0. The number of nitrogens with zero attached hydrogens (tertiary/aromatic N) is 4. The first-order chi connectivity index (χ1) is 17.5. The molecular weight excluding hydrogens is 446 g/mol. The molecule has 1 aliphatic heterocycles. The van der Waals surface area contributed by atoms with Crippen molar-refractivity contribution in [3.05, 3.63) is 65.6 Å². The van der Waals surface area contributed by atoms with E-state index in [4.69, 9.17) is 15.7 Å². The Kier molecular flexibility index (Phi) is 7.30. The summed E-state index contributed by atoms with van der Waals surface area (Å²) >= 11 is 0. The van der Waals surface area contributed by atoms with Crippen molar-refractivity contribution >= 4 is 23.1 Å². The molecule has 3 aromatic rings. The number of aliphatic imine (C=N–C) groups is 1. The normalized spacial score (nSPS) is 18.7. The van der Waals surface area contributed by atoms with Crippen LogP contribution in [0.1, 0.15) is 55.7 Å². The van der Waals surface area contributed by atoms with Crippen molar-refractivity contribution in [2.75, 3.05) is 32.5 Å². The van der Waals surface area contributed by atoms with Gasteiger partial charge < -0.3 is 21.3 Å². The predicted octanol–water partition coefficient (Wildman–Crippen LogP) is 4.83. The molecule has 188 valence electrons. The van der Waals surface area contributed by atoms with E-state index in [1.54, 1.807) is 0 Å². The molecule has 1 unspecified atom stereocenters. The van der Waals surface area contributed by atoms with E-state index in [0.29, 0.717) is 29.6 Å². The minimum Gasteiger partial charge on any atom is -0.403 e.